The van der Waals surface area contributed by atoms with E-state index in [-0.39, 0.29) is 30.3 Å². The smallest absolute Gasteiger partial charge is 0.410 e. The number of hydroxylamine groups is 1. The van der Waals surface area contributed by atoms with E-state index in [1.807, 2.05) is 11.0 Å². The third-order valence-corrected chi connectivity index (χ3v) is 4.59. The Morgan fingerprint density at radius 3 is 2.65 bits per heavy atom. The van der Waals surface area contributed by atoms with Gasteiger partial charge < -0.3 is 9.64 Å². The molecule has 2 atom stereocenters. The number of likely N-dealkylation sites (tertiary alicyclic amines) is 1. The molecule has 1 unspecified atom stereocenters. The van der Waals surface area contributed by atoms with Crippen LogP contribution in [0.15, 0.2) is 36.9 Å². The summed E-state index contributed by atoms with van der Waals surface area (Å²) in [4.78, 5) is 39.3. The number of fused-ring (bicyclic) bond motifs is 1. The first-order valence-electron chi connectivity index (χ1n) is 8.03. The van der Waals surface area contributed by atoms with E-state index in [0.717, 1.165) is 5.56 Å². The summed E-state index contributed by atoms with van der Waals surface area (Å²) < 4.78 is 5.31. The van der Waals surface area contributed by atoms with Crippen LogP contribution in [0.2, 0.25) is 0 Å². The maximum Gasteiger partial charge on any atom is 0.410 e. The van der Waals surface area contributed by atoms with E-state index in [2.05, 4.69) is 15.0 Å². The summed E-state index contributed by atoms with van der Waals surface area (Å²) in [6, 6.07) is 3.88. The number of piperazine rings is 1. The first-order chi connectivity index (χ1) is 12.7. The van der Waals surface area contributed by atoms with Crippen molar-refractivity contribution in [2.45, 2.75) is 18.7 Å². The zero-order chi connectivity index (χ0) is 18.1. The first-order valence-corrected chi connectivity index (χ1v) is 8.03. The number of amides is 2. The van der Waals surface area contributed by atoms with Gasteiger partial charge in [0, 0.05) is 43.4 Å². The van der Waals surface area contributed by atoms with Gasteiger partial charge in [-0.25, -0.2) is 20.2 Å². The van der Waals surface area contributed by atoms with Crippen LogP contribution in [0.4, 0.5) is 10.7 Å². The van der Waals surface area contributed by atoms with Crippen LogP contribution < -0.4 is 10.4 Å². The van der Waals surface area contributed by atoms with E-state index in [1.54, 1.807) is 23.4 Å². The number of nitrogens with zero attached hydrogens (tertiary/aromatic N) is 5. The molecule has 10 heteroatoms. The molecule has 4 rings (SSSR count). The van der Waals surface area contributed by atoms with E-state index in [4.69, 9.17) is 9.94 Å². The standard InChI is InChI=1S/C16H16N6O4/c23-14(20-25)11-5-18-15(19-6-11)21-7-13-12(21)8-22(13)16(24)26-9-10-2-1-3-17-4-10/h1-6,12-13,25H,7-9H2,(H,20,23)/t12-,13?/m1/s1. The number of aromatic nitrogens is 3. The summed E-state index contributed by atoms with van der Waals surface area (Å²) in [5, 5.41) is 8.59. The van der Waals surface area contributed by atoms with Crippen molar-refractivity contribution in [3.05, 3.63) is 48.0 Å². The third-order valence-electron chi connectivity index (χ3n) is 4.59. The van der Waals surface area contributed by atoms with Crippen molar-refractivity contribution in [2.24, 2.45) is 0 Å². The van der Waals surface area contributed by atoms with Crippen molar-refractivity contribution in [1.82, 2.24) is 25.3 Å². The van der Waals surface area contributed by atoms with Crippen molar-refractivity contribution in [3.63, 3.8) is 0 Å². The fraction of sp³-hybridized carbons (Fsp3) is 0.312. The second-order valence-electron chi connectivity index (χ2n) is 6.07. The molecular weight excluding hydrogens is 340 g/mol. The molecule has 0 saturated carbocycles. The first kappa shape index (κ1) is 16.2. The van der Waals surface area contributed by atoms with Gasteiger partial charge >= 0.3 is 6.09 Å². The summed E-state index contributed by atoms with van der Waals surface area (Å²) in [7, 11) is 0. The van der Waals surface area contributed by atoms with E-state index >= 15 is 0 Å². The number of nitrogens with one attached hydrogen (secondary N) is 1. The molecule has 0 radical (unpaired) electrons. The van der Waals surface area contributed by atoms with Gasteiger partial charge in [0.25, 0.3) is 5.91 Å². The molecule has 0 aromatic carbocycles. The van der Waals surface area contributed by atoms with Gasteiger partial charge in [0.05, 0.1) is 17.6 Å². The molecule has 2 aromatic heterocycles. The van der Waals surface area contributed by atoms with Gasteiger partial charge in [-0.2, -0.15) is 0 Å². The van der Waals surface area contributed by atoms with Crippen LogP contribution in [0.25, 0.3) is 0 Å². The second-order valence-corrected chi connectivity index (χ2v) is 6.07. The lowest BCUT2D eigenvalue weighted by Crippen LogP contribution is -2.80. The normalized spacial score (nSPS) is 20.5. The molecule has 2 aromatic rings. The minimum Gasteiger partial charge on any atom is -0.444 e. The molecule has 2 amide bonds. The minimum absolute atomic E-state index is 0.0837. The molecule has 2 aliphatic rings. The van der Waals surface area contributed by atoms with Crippen molar-refractivity contribution in [3.8, 4) is 0 Å². The van der Waals surface area contributed by atoms with E-state index in [9.17, 15) is 9.59 Å². The van der Waals surface area contributed by atoms with Crippen LogP contribution >= 0.6 is 0 Å². The molecule has 10 nitrogen and oxygen atoms in total. The molecule has 134 valence electrons. The van der Waals surface area contributed by atoms with Gasteiger partial charge in [-0.15, -0.1) is 0 Å². The summed E-state index contributed by atoms with van der Waals surface area (Å²) >= 11 is 0. The van der Waals surface area contributed by atoms with Crippen molar-refractivity contribution >= 4 is 17.9 Å². The molecular formula is C16H16N6O4. The number of carbonyl (C=O) groups excluding carboxylic acids is 2. The fourth-order valence-corrected chi connectivity index (χ4v) is 3.06. The highest BCUT2D eigenvalue weighted by atomic mass is 16.6. The van der Waals surface area contributed by atoms with Crippen molar-refractivity contribution in [2.75, 3.05) is 18.0 Å². The Balaban J connectivity index is 1.29. The number of hydrogen-bond acceptors (Lipinski definition) is 8. The van der Waals surface area contributed by atoms with E-state index < -0.39 is 5.91 Å². The van der Waals surface area contributed by atoms with Gasteiger partial charge in [-0.1, -0.05) is 6.07 Å². The molecule has 26 heavy (non-hydrogen) atoms. The Hall–Kier alpha value is -3.27. The summed E-state index contributed by atoms with van der Waals surface area (Å²) in [5.74, 6) is -0.173. The summed E-state index contributed by atoms with van der Waals surface area (Å²) in [6.07, 6.45) is 5.68. The third kappa shape index (κ3) is 2.80. The van der Waals surface area contributed by atoms with Gasteiger partial charge in [-0.3, -0.25) is 19.9 Å². The highest BCUT2D eigenvalue weighted by molar-refractivity contribution is 5.92. The molecule has 4 heterocycles. The Morgan fingerprint density at radius 2 is 2.04 bits per heavy atom. The predicted molar refractivity (Wildman–Crippen MR) is 87.3 cm³/mol. The molecule has 0 aliphatic carbocycles. The zero-order valence-corrected chi connectivity index (χ0v) is 13.6. The Kier molecular flexibility index (Phi) is 4.09. The Morgan fingerprint density at radius 1 is 1.23 bits per heavy atom. The lowest BCUT2D eigenvalue weighted by atomic mass is 9.86. The monoisotopic (exact) mass is 356 g/mol. The van der Waals surface area contributed by atoms with E-state index in [0.29, 0.717) is 19.0 Å². The topological polar surface area (TPSA) is 121 Å². The van der Waals surface area contributed by atoms with Gasteiger partial charge in [0.2, 0.25) is 5.95 Å². The van der Waals surface area contributed by atoms with Crippen LogP contribution in [-0.2, 0) is 11.3 Å². The van der Waals surface area contributed by atoms with Gasteiger partial charge in [-0.05, 0) is 6.07 Å². The minimum atomic E-state index is -0.663. The van der Waals surface area contributed by atoms with Crippen LogP contribution in [0.5, 0.6) is 0 Å². The van der Waals surface area contributed by atoms with Gasteiger partial charge in [0.1, 0.15) is 6.61 Å². The Bertz CT molecular complexity index is 815. The fourth-order valence-electron chi connectivity index (χ4n) is 3.06. The van der Waals surface area contributed by atoms with Crippen LogP contribution in [0.1, 0.15) is 15.9 Å². The molecule has 0 spiro atoms. The average Bonchev–Trinajstić information content (AvgIpc) is 2.68. The van der Waals surface area contributed by atoms with Gasteiger partial charge in [0.15, 0.2) is 0 Å². The molecule has 2 aliphatic heterocycles. The highest BCUT2D eigenvalue weighted by Gasteiger charge is 2.55. The number of ether oxygens (including phenoxy) is 1. The lowest BCUT2D eigenvalue weighted by Gasteiger charge is -2.60. The Labute approximate surface area is 148 Å². The number of rotatable bonds is 4. The van der Waals surface area contributed by atoms with Crippen LogP contribution in [0.3, 0.4) is 0 Å². The maximum atomic E-state index is 12.1. The average molecular weight is 356 g/mol. The molecule has 2 saturated heterocycles. The molecule has 2 N–H and O–H groups in total. The second kappa shape index (κ2) is 6.56. The number of carbonyl (C=O) groups is 2. The zero-order valence-electron chi connectivity index (χ0n) is 13.6. The summed E-state index contributed by atoms with van der Waals surface area (Å²) in [6.45, 7) is 1.35. The quantitative estimate of drug-likeness (QED) is 0.589. The number of hydrogen-bond donors (Lipinski definition) is 2. The number of anilines is 1. The number of pyridine rings is 1. The highest BCUT2D eigenvalue weighted by Crippen LogP contribution is 2.36. The SMILES string of the molecule is O=C(NO)c1cnc(N2CC3[C@H]2CN3C(=O)OCc2cccnc2)nc1. The maximum absolute atomic E-state index is 12.1. The van der Waals surface area contributed by atoms with Crippen molar-refractivity contribution in [1.29, 1.82) is 0 Å². The lowest BCUT2D eigenvalue weighted by molar-refractivity contribution is 0.0000188. The van der Waals surface area contributed by atoms with Crippen LogP contribution in [-0.4, -0.2) is 62.2 Å². The predicted octanol–water partition coefficient (Wildman–Crippen LogP) is 0.200. The van der Waals surface area contributed by atoms with Crippen LogP contribution in [0, 0.1) is 0 Å². The summed E-state index contributed by atoms with van der Waals surface area (Å²) in [5.41, 5.74) is 2.54. The van der Waals surface area contributed by atoms with E-state index in [1.165, 1.54) is 17.9 Å². The molecule has 2 fully saturated rings. The molecule has 0 bridgehead atoms. The largest absolute Gasteiger partial charge is 0.444 e. The van der Waals surface area contributed by atoms with Crippen molar-refractivity contribution < 1.29 is 19.5 Å².